The highest BCUT2D eigenvalue weighted by Gasteiger charge is 2.30. The largest absolute Gasteiger partial charge is 0.376 e. The van der Waals surface area contributed by atoms with Gasteiger partial charge in [0.15, 0.2) is 5.78 Å². The van der Waals surface area contributed by atoms with Crippen LogP contribution in [0.25, 0.3) is 11.1 Å². The molecule has 1 amide bonds. The number of amides is 1. The second kappa shape index (κ2) is 5.63. The molecule has 0 spiro atoms. The molecule has 1 atom stereocenters. The molecule has 4 heteroatoms. The minimum Gasteiger partial charge on any atom is -0.376 e. The summed E-state index contributed by atoms with van der Waals surface area (Å²) in [4.78, 5) is 25.1. The fraction of sp³-hybridized carbons (Fsp3) is 0.263. The second-order valence-corrected chi connectivity index (χ2v) is 5.95. The molecule has 2 aromatic rings. The Morgan fingerprint density at radius 2 is 1.87 bits per heavy atom. The molecular weight excluding hydrogens is 290 g/mol. The lowest BCUT2D eigenvalue weighted by Gasteiger charge is -2.13. The highest BCUT2D eigenvalue weighted by molar-refractivity contribution is 6.24. The van der Waals surface area contributed by atoms with Crippen molar-refractivity contribution in [1.29, 1.82) is 0 Å². The summed E-state index contributed by atoms with van der Waals surface area (Å²) in [6, 6.07) is 12.8. The standard InChI is InChI=1S/C19H17NO3/c21-18-14-7-2-1-6-13(14)17-15(18)8-3-9-16(17)19(22)20-11-12-5-4-10-23-12/h1-3,6-9,12H,4-5,10-11H2,(H,20,22)/t12-/m0/s1. The lowest BCUT2D eigenvalue weighted by atomic mass is 9.99. The molecule has 1 saturated heterocycles. The van der Waals surface area contributed by atoms with Gasteiger partial charge in [-0.05, 0) is 24.5 Å². The molecule has 4 rings (SSSR count). The van der Waals surface area contributed by atoms with Crippen molar-refractivity contribution in [1.82, 2.24) is 5.32 Å². The predicted molar refractivity (Wildman–Crippen MR) is 86.6 cm³/mol. The fourth-order valence-corrected chi connectivity index (χ4v) is 3.37. The maximum Gasteiger partial charge on any atom is 0.252 e. The number of rotatable bonds is 3. The minimum atomic E-state index is -0.151. The third-order valence-electron chi connectivity index (χ3n) is 4.51. The average Bonchev–Trinajstić information content (AvgIpc) is 3.20. The van der Waals surface area contributed by atoms with Crippen LogP contribution in [0.4, 0.5) is 0 Å². The van der Waals surface area contributed by atoms with E-state index in [-0.39, 0.29) is 17.8 Å². The fourth-order valence-electron chi connectivity index (χ4n) is 3.37. The van der Waals surface area contributed by atoms with Crippen LogP contribution in [-0.4, -0.2) is 30.9 Å². The Kier molecular flexibility index (Phi) is 3.46. The quantitative estimate of drug-likeness (QED) is 0.809. The van der Waals surface area contributed by atoms with Crippen LogP contribution in [0, 0.1) is 0 Å². The summed E-state index contributed by atoms with van der Waals surface area (Å²) >= 11 is 0. The first-order valence-electron chi connectivity index (χ1n) is 7.92. The van der Waals surface area contributed by atoms with Crippen LogP contribution in [0.15, 0.2) is 42.5 Å². The Bertz CT molecular complexity index is 791. The molecule has 23 heavy (non-hydrogen) atoms. The zero-order valence-electron chi connectivity index (χ0n) is 12.7. The van der Waals surface area contributed by atoms with E-state index in [1.807, 2.05) is 24.3 Å². The topological polar surface area (TPSA) is 55.4 Å². The summed E-state index contributed by atoms with van der Waals surface area (Å²) in [6.07, 6.45) is 2.13. The normalized spacial score (nSPS) is 18.6. The SMILES string of the molecule is O=C(NC[C@@H]1CCCO1)c1cccc2c1-c1ccccc1C2=O. The first-order valence-corrected chi connectivity index (χ1v) is 7.92. The first-order chi connectivity index (χ1) is 11.3. The van der Waals surface area contributed by atoms with E-state index in [0.29, 0.717) is 23.2 Å². The predicted octanol–water partition coefficient (Wildman–Crippen LogP) is 2.81. The Balaban J connectivity index is 1.66. The summed E-state index contributed by atoms with van der Waals surface area (Å²) in [5.74, 6) is -0.161. The molecule has 2 aliphatic rings. The molecule has 116 valence electrons. The molecule has 0 radical (unpaired) electrons. The lowest BCUT2D eigenvalue weighted by molar-refractivity contribution is 0.0858. The van der Waals surface area contributed by atoms with E-state index < -0.39 is 0 Å². The van der Waals surface area contributed by atoms with Crippen molar-refractivity contribution in [3.63, 3.8) is 0 Å². The highest BCUT2D eigenvalue weighted by atomic mass is 16.5. The molecule has 2 aromatic carbocycles. The van der Waals surface area contributed by atoms with Gasteiger partial charge in [0.05, 0.1) is 6.10 Å². The maximum atomic E-state index is 12.6. The van der Waals surface area contributed by atoms with E-state index >= 15 is 0 Å². The number of nitrogens with one attached hydrogen (secondary N) is 1. The molecule has 1 N–H and O–H groups in total. The molecular formula is C19H17NO3. The third-order valence-corrected chi connectivity index (χ3v) is 4.51. The van der Waals surface area contributed by atoms with Gasteiger partial charge < -0.3 is 10.1 Å². The summed E-state index contributed by atoms with van der Waals surface area (Å²) in [7, 11) is 0. The van der Waals surface area contributed by atoms with Gasteiger partial charge in [-0.25, -0.2) is 0 Å². The Labute approximate surface area is 134 Å². The van der Waals surface area contributed by atoms with Crippen molar-refractivity contribution in [3.05, 3.63) is 59.2 Å². The van der Waals surface area contributed by atoms with Crippen LogP contribution in [0.5, 0.6) is 0 Å². The van der Waals surface area contributed by atoms with Crippen molar-refractivity contribution in [2.45, 2.75) is 18.9 Å². The number of carbonyl (C=O) groups excluding carboxylic acids is 2. The molecule has 4 nitrogen and oxygen atoms in total. The van der Waals surface area contributed by atoms with E-state index in [4.69, 9.17) is 4.74 Å². The molecule has 1 heterocycles. The number of ketones is 1. The van der Waals surface area contributed by atoms with Crippen molar-refractivity contribution >= 4 is 11.7 Å². The van der Waals surface area contributed by atoms with Gasteiger partial charge in [-0.1, -0.05) is 36.4 Å². The number of ether oxygens (including phenoxy) is 1. The van der Waals surface area contributed by atoms with Gasteiger partial charge in [0.25, 0.3) is 5.91 Å². The van der Waals surface area contributed by atoms with Gasteiger partial charge in [0.1, 0.15) is 0 Å². The summed E-state index contributed by atoms with van der Waals surface area (Å²) in [6.45, 7) is 1.28. The Morgan fingerprint density at radius 3 is 2.65 bits per heavy atom. The zero-order valence-corrected chi connectivity index (χ0v) is 12.7. The van der Waals surface area contributed by atoms with E-state index in [2.05, 4.69) is 5.32 Å². The molecule has 1 aliphatic heterocycles. The van der Waals surface area contributed by atoms with Crippen molar-refractivity contribution < 1.29 is 14.3 Å². The van der Waals surface area contributed by atoms with E-state index in [1.165, 1.54) is 0 Å². The number of carbonyl (C=O) groups is 2. The van der Waals surface area contributed by atoms with Gasteiger partial charge in [0.2, 0.25) is 0 Å². The van der Waals surface area contributed by atoms with Gasteiger partial charge in [-0.2, -0.15) is 0 Å². The van der Waals surface area contributed by atoms with Crippen LogP contribution in [-0.2, 0) is 4.74 Å². The number of hydrogen-bond acceptors (Lipinski definition) is 3. The zero-order chi connectivity index (χ0) is 15.8. The van der Waals surface area contributed by atoms with Crippen LogP contribution >= 0.6 is 0 Å². The number of fused-ring (bicyclic) bond motifs is 3. The van der Waals surface area contributed by atoms with Crippen molar-refractivity contribution in [2.24, 2.45) is 0 Å². The average molecular weight is 307 g/mol. The highest BCUT2D eigenvalue weighted by Crippen LogP contribution is 2.38. The number of hydrogen-bond donors (Lipinski definition) is 1. The monoisotopic (exact) mass is 307 g/mol. The van der Waals surface area contributed by atoms with Crippen LogP contribution in [0.3, 0.4) is 0 Å². The van der Waals surface area contributed by atoms with E-state index in [0.717, 1.165) is 30.6 Å². The van der Waals surface area contributed by atoms with Gasteiger partial charge >= 0.3 is 0 Å². The molecule has 0 unspecified atom stereocenters. The van der Waals surface area contributed by atoms with Gasteiger partial charge in [-0.15, -0.1) is 0 Å². The van der Waals surface area contributed by atoms with Crippen LogP contribution in [0.2, 0.25) is 0 Å². The van der Waals surface area contributed by atoms with E-state index in [1.54, 1.807) is 18.2 Å². The second-order valence-electron chi connectivity index (χ2n) is 5.95. The molecule has 0 saturated carbocycles. The summed E-state index contributed by atoms with van der Waals surface area (Å²) < 4.78 is 5.54. The van der Waals surface area contributed by atoms with Crippen molar-refractivity contribution in [2.75, 3.05) is 13.2 Å². The third kappa shape index (κ3) is 2.35. The summed E-state index contributed by atoms with van der Waals surface area (Å²) in [5.41, 5.74) is 3.42. The lowest BCUT2D eigenvalue weighted by Crippen LogP contribution is -2.32. The first kappa shape index (κ1) is 14.2. The molecule has 0 bridgehead atoms. The van der Waals surface area contributed by atoms with Crippen LogP contribution in [0.1, 0.15) is 39.1 Å². The molecule has 0 aromatic heterocycles. The molecule has 1 fully saturated rings. The van der Waals surface area contributed by atoms with Gasteiger partial charge in [-0.3, -0.25) is 9.59 Å². The summed E-state index contributed by atoms with van der Waals surface area (Å²) in [5, 5.41) is 2.94. The van der Waals surface area contributed by atoms with E-state index in [9.17, 15) is 9.59 Å². The maximum absolute atomic E-state index is 12.6. The Hall–Kier alpha value is -2.46. The Morgan fingerprint density at radius 1 is 1.09 bits per heavy atom. The van der Waals surface area contributed by atoms with Crippen LogP contribution < -0.4 is 5.32 Å². The number of benzene rings is 2. The van der Waals surface area contributed by atoms with Crippen molar-refractivity contribution in [3.8, 4) is 11.1 Å². The van der Waals surface area contributed by atoms with Gasteiger partial charge in [0, 0.05) is 35.4 Å². The smallest absolute Gasteiger partial charge is 0.252 e. The minimum absolute atomic E-state index is 0.00984. The molecule has 1 aliphatic carbocycles.